The van der Waals surface area contributed by atoms with E-state index in [-0.39, 0.29) is 24.0 Å². The molecule has 3 rings (SSSR count). The van der Waals surface area contributed by atoms with Crippen LogP contribution in [-0.2, 0) is 16.0 Å². The minimum absolute atomic E-state index is 0. The summed E-state index contributed by atoms with van der Waals surface area (Å²) >= 11 is 1.64. The molecule has 3 heterocycles. The summed E-state index contributed by atoms with van der Waals surface area (Å²) in [6, 6.07) is 0. The molecule has 1 atom stereocenters. The second-order valence-corrected chi connectivity index (χ2v) is 6.71. The molecule has 1 aliphatic heterocycles. The quantitative estimate of drug-likeness (QED) is 0.263. The van der Waals surface area contributed by atoms with E-state index < -0.39 is 0 Å². The molecule has 0 aliphatic carbocycles. The minimum Gasteiger partial charge on any atom is -0.381 e. The highest BCUT2D eigenvalue weighted by Gasteiger charge is 2.15. The molecular weight excluding hydrogens is 453 g/mol. The molecule has 0 saturated carbocycles. The number of imidazole rings is 1. The molecule has 1 aliphatic rings. The summed E-state index contributed by atoms with van der Waals surface area (Å²) in [5.74, 6) is 1.37. The normalized spacial score (nSPS) is 17.6. The summed E-state index contributed by atoms with van der Waals surface area (Å²) in [4.78, 5) is 9.79. The number of fused-ring (bicyclic) bond motifs is 1. The van der Waals surface area contributed by atoms with Crippen LogP contribution in [0, 0.1) is 5.92 Å². The van der Waals surface area contributed by atoms with Gasteiger partial charge < -0.3 is 20.1 Å². The minimum atomic E-state index is 0. The van der Waals surface area contributed by atoms with E-state index in [1.807, 2.05) is 22.2 Å². The highest BCUT2D eigenvalue weighted by Crippen LogP contribution is 2.12. The van der Waals surface area contributed by atoms with Crippen LogP contribution in [-0.4, -0.2) is 55.4 Å². The molecule has 0 aromatic carbocycles. The number of hydrogen-bond acceptors (Lipinski definition) is 5. The predicted molar refractivity (Wildman–Crippen MR) is 111 cm³/mol. The third-order valence-corrected chi connectivity index (χ3v) is 4.71. The fourth-order valence-electron chi connectivity index (χ4n) is 2.60. The molecule has 9 heteroatoms. The monoisotopic (exact) mass is 479 g/mol. The van der Waals surface area contributed by atoms with Crippen molar-refractivity contribution in [3.8, 4) is 0 Å². The first-order valence-corrected chi connectivity index (χ1v) is 9.24. The number of nitrogens with one attached hydrogen (secondary N) is 2. The van der Waals surface area contributed by atoms with Crippen molar-refractivity contribution in [1.82, 2.24) is 20.0 Å². The maximum Gasteiger partial charge on any atom is 0.193 e. The van der Waals surface area contributed by atoms with Gasteiger partial charge >= 0.3 is 0 Å². The van der Waals surface area contributed by atoms with Gasteiger partial charge in [0.15, 0.2) is 10.9 Å². The van der Waals surface area contributed by atoms with Crippen LogP contribution in [0.15, 0.2) is 22.8 Å². The molecular formula is C16H26IN5O2S. The second-order valence-electron chi connectivity index (χ2n) is 5.84. The van der Waals surface area contributed by atoms with Crippen LogP contribution in [0.4, 0.5) is 0 Å². The van der Waals surface area contributed by atoms with Gasteiger partial charge in [0.05, 0.1) is 25.5 Å². The van der Waals surface area contributed by atoms with Gasteiger partial charge in [-0.1, -0.05) is 0 Å². The highest BCUT2D eigenvalue weighted by molar-refractivity contribution is 14.0. The molecule has 1 unspecified atom stereocenters. The van der Waals surface area contributed by atoms with Gasteiger partial charge in [0.25, 0.3) is 0 Å². The lowest BCUT2D eigenvalue weighted by Gasteiger charge is -2.12. The van der Waals surface area contributed by atoms with Crippen molar-refractivity contribution in [1.29, 1.82) is 0 Å². The van der Waals surface area contributed by atoms with E-state index in [9.17, 15) is 0 Å². The van der Waals surface area contributed by atoms with Crippen molar-refractivity contribution >= 4 is 46.2 Å². The Kier molecular flexibility index (Phi) is 8.93. The van der Waals surface area contributed by atoms with Crippen LogP contribution in [0.1, 0.15) is 18.5 Å². The summed E-state index contributed by atoms with van der Waals surface area (Å²) in [6.07, 6.45) is 6.13. The maximum atomic E-state index is 5.70. The van der Waals surface area contributed by atoms with Crippen molar-refractivity contribution < 1.29 is 9.47 Å². The number of thiazole rings is 1. The summed E-state index contributed by atoms with van der Waals surface area (Å²) < 4.78 is 13.1. The van der Waals surface area contributed by atoms with Crippen LogP contribution in [0.5, 0.6) is 0 Å². The first-order chi connectivity index (χ1) is 11.8. The molecule has 0 bridgehead atoms. The van der Waals surface area contributed by atoms with E-state index in [4.69, 9.17) is 9.47 Å². The number of nitrogens with zero attached hydrogens (tertiary/aromatic N) is 3. The van der Waals surface area contributed by atoms with Gasteiger partial charge in [0, 0.05) is 50.5 Å². The lowest BCUT2D eigenvalue weighted by molar-refractivity contribution is 0.0888. The van der Waals surface area contributed by atoms with E-state index >= 15 is 0 Å². The standard InChI is InChI=1S/C16H25N5O2S.HI/c1-17-15(18-4-2-6-22-11-13-3-7-23-12-13)19-9-14-10-21-5-8-24-16(21)20-14;/h5,8,10,13H,2-4,6-7,9,11-12H2,1H3,(H2,17,18,19);1H. The van der Waals surface area contributed by atoms with Crippen LogP contribution in [0.2, 0.25) is 0 Å². The summed E-state index contributed by atoms with van der Waals surface area (Å²) in [5.41, 5.74) is 1.01. The molecule has 7 nitrogen and oxygen atoms in total. The van der Waals surface area contributed by atoms with Gasteiger partial charge in [-0.25, -0.2) is 4.98 Å². The Balaban J connectivity index is 0.00000225. The lowest BCUT2D eigenvalue weighted by Crippen LogP contribution is -2.37. The van der Waals surface area contributed by atoms with Gasteiger partial charge in [-0.05, 0) is 12.8 Å². The average molecular weight is 479 g/mol. The molecule has 2 N–H and O–H groups in total. The number of guanidine groups is 1. The largest absolute Gasteiger partial charge is 0.381 e. The third kappa shape index (κ3) is 6.39. The van der Waals surface area contributed by atoms with Gasteiger partial charge in [-0.3, -0.25) is 9.39 Å². The Labute approximate surface area is 169 Å². The van der Waals surface area contributed by atoms with E-state index in [0.717, 1.165) is 62.4 Å². The second kappa shape index (κ2) is 10.9. The molecule has 1 fully saturated rings. The number of aromatic nitrogens is 2. The number of rotatable bonds is 8. The van der Waals surface area contributed by atoms with E-state index in [2.05, 4.69) is 20.6 Å². The fourth-order valence-corrected chi connectivity index (χ4v) is 3.32. The third-order valence-electron chi connectivity index (χ3n) is 3.94. The predicted octanol–water partition coefficient (Wildman–Crippen LogP) is 2.12. The number of aliphatic imine (C=N–C) groups is 1. The Hall–Kier alpha value is -0.910. The number of ether oxygens (including phenoxy) is 2. The lowest BCUT2D eigenvalue weighted by atomic mass is 10.1. The van der Waals surface area contributed by atoms with E-state index in [1.54, 1.807) is 18.4 Å². The van der Waals surface area contributed by atoms with E-state index in [1.165, 1.54) is 0 Å². The molecule has 0 amide bonds. The topological polar surface area (TPSA) is 72.2 Å². The molecule has 0 spiro atoms. The fraction of sp³-hybridized carbons (Fsp3) is 0.625. The van der Waals surface area contributed by atoms with Crippen molar-refractivity contribution in [2.45, 2.75) is 19.4 Å². The molecule has 2 aromatic rings. The number of hydrogen-bond donors (Lipinski definition) is 2. The summed E-state index contributed by atoms with van der Waals surface area (Å²) in [6.45, 7) is 4.79. The highest BCUT2D eigenvalue weighted by atomic mass is 127. The first-order valence-electron chi connectivity index (χ1n) is 8.36. The smallest absolute Gasteiger partial charge is 0.193 e. The van der Waals surface area contributed by atoms with Gasteiger partial charge in [-0.15, -0.1) is 35.3 Å². The van der Waals surface area contributed by atoms with E-state index in [0.29, 0.717) is 12.5 Å². The van der Waals surface area contributed by atoms with Crippen molar-refractivity contribution in [3.63, 3.8) is 0 Å². The van der Waals surface area contributed by atoms with Crippen LogP contribution in [0.3, 0.4) is 0 Å². The van der Waals surface area contributed by atoms with Gasteiger partial charge in [0.2, 0.25) is 0 Å². The molecule has 140 valence electrons. The van der Waals surface area contributed by atoms with Gasteiger partial charge in [-0.2, -0.15) is 0 Å². The van der Waals surface area contributed by atoms with Crippen LogP contribution >= 0.6 is 35.3 Å². The summed E-state index contributed by atoms with van der Waals surface area (Å²) in [5, 5.41) is 8.61. The van der Waals surface area contributed by atoms with Crippen LogP contribution < -0.4 is 10.6 Å². The van der Waals surface area contributed by atoms with Gasteiger partial charge in [0.1, 0.15) is 0 Å². The average Bonchev–Trinajstić information content (AvgIpc) is 3.30. The molecule has 25 heavy (non-hydrogen) atoms. The van der Waals surface area contributed by atoms with Crippen LogP contribution in [0.25, 0.3) is 4.96 Å². The molecule has 0 radical (unpaired) electrons. The molecule has 2 aromatic heterocycles. The Morgan fingerprint density at radius 3 is 3.20 bits per heavy atom. The van der Waals surface area contributed by atoms with Crippen molar-refractivity contribution in [3.05, 3.63) is 23.5 Å². The zero-order valence-electron chi connectivity index (χ0n) is 14.4. The summed E-state index contributed by atoms with van der Waals surface area (Å²) in [7, 11) is 1.78. The van der Waals surface area contributed by atoms with Crippen molar-refractivity contribution in [2.24, 2.45) is 10.9 Å². The maximum absolute atomic E-state index is 5.70. The number of halogens is 1. The first kappa shape index (κ1) is 20.4. The SMILES string of the molecule is CN=C(NCCCOCC1CCOC1)NCc1cn2ccsc2n1.I. The Bertz CT molecular complexity index is 625. The van der Waals surface area contributed by atoms with Crippen molar-refractivity contribution in [2.75, 3.05) is 40.0 Å². The zero-order chi connectivity index (χ0) is 16.6. The Morgan fingerprint density at radius 1 is 1.52 bits per heavy atom. The zero-order valence-corrected chi connectivity index (χ0v) is 17.6. The molecule has 1 saturated heterocycles. The Morgan fingerprint density at radius 2 is 2.44 bits per heavy atom.